The Labute approximate surface area is 129 Å². The van der Waals surface area contributed by atoms with Gasteiger partial charge in [-0.05, 0) is 50.4 Å². The Kier molecular flexibility index (Phi) is 5.65. The maximum atomic E-state index is 13.3. The van der Waals surface area contributed by atoms with E-state index in [0.717, 1.165) is 30.7 Å². The van der Waals surface area contributed by atoms with Gasteiger partial charge in [-0.1, -0.05) is 13.0 Å². The van der Waals surface area contributed by atoms with Gasteiger partial charge in [0.15, 0.2) is 0 Å². The summed E-state index contributed by atoms with van der Waals surface area (Å²) in [6.07, 6.45) is 3.52. The maximum absolute atomic E-state index is 13.3. The number of hydrogen-bond donors (Lipinski definition) is 1. The van der Waals surface area contributed by atoms with Gasteiger partial charge in [-0.3, -0.25) is 4.79 Å². The number of halogens is 1. The van der Waals surface area contributed by atoms with E-state index in [4.69, 9.17) is 4.74 Å². The summed E-state index contributed by atoms with van der Waals surface area (Å²) in [6.45, 7) is 2.72. The monoisotopic (exact) mass is 311 g/mol. The Bertz CT molecular complexity index is 493. The van der Waals surface area contributed by atoms with Crippen molar-refractivity contribution in [2.45, 2.75) is 48.3 Å². The van der Waals surface area contributed by atoms with Crippen LogP contribution in [0.1, 0.15) is 32.6 Å². The van der Waals surface area contributed by atoms with Gasteiger partial charge in [0.25, 0.3) is 0 Å². The van der Waals surface area contributed by atoms with Crippen LogP contribution in [0.2, 0.25) is 0 Å². The number of benzene rings is 1. The third-order valence-corrected chi connectivity index (χ3v) is 5.16. The lowest BCUT2D eigenvalue weighted by atomic mass is 9.81. The number of methoxy groups -OCH3 is 1. The van der Waals surface area contributed by atoms with Gasteiger partial charge in [0.1, 0.15) is 11.4 Å². The Morgan fingerprint density at radius 3 is 3.05 bits per heavy atom. The van der Waals surface area contributed by atoms with Crippen LogP contribution in [0.4, 0.5) is 4.39 Å². The lowest BCUT2D eigenvalue weighted by molar-refractivity contribution is -0.150. The van der Waals surface area contributed by atoms with Crippen molar-refractivity contribution in [3.8, 4) is 0 Å². The average Bonchev–Trinajstić information content (AvgIpc) is 2.47. The second-order valence-electron chi connectivity index (χ2n) is 5.40. The van der Waals surface area contributed by atoms with E-state index in [9.17, 15) is 9.18 Å². The number of ether oxygens (including phenoxy) is 1. The summed E-state index contributed by atoms with van der Waals surface area (Å²) < 4.78 is 18.3. The Hall–Kier alpha value is -1.07. The number of carbonyl (C=O) groups is 1. The molecule has 0 amide bonds. The standard InChI is InChI=1S/C16H22FNO2S/c1-3-18-16(15(19)20-2)9-5-8-14(11-16)21-13-7-4-6-12(17)10-13/h4,6-7,10,14,18H,3,5,8-9,11H2,1-2H3. The van der Waals surface area contributed by atoms with E-state index >= 15 is 0 Å². The second kappa shape index (κ2) is 7.27. The number of carbonyl (C=O) groups excluding carboxylic acids is 1. The van der Waals surface area contributed by atoms with Gasteiger partial charge in [0, 0.05) is 10.1 Å². The van der Waals surface area contributed by atoms with Crippen molar-refractivity contribution in [2.75, 3.05) is 13.7 Å². The van der Waals surface area contributed by atoms with Crippen molar-refractivity contribution in [1.29, 1.82) is 0 Å². The molecule has 2 atom stereocenters. The van der Waals surface area contributed by atoms with E-state index < -0.39 is 5.54 Å². The zero-order valence-electron chi connectivity index (χ0n) is 12.5. The topological polar surface area (TPSA) is 38.3 Å². The maximum Gasteiger partial charge on any atom is 0.326 e. The molecule has 0 saturated heterocycles. The van der Waals surface area contributed by atoms with Crippen LogP contribution in [-0.2, 0) is 9.53 Å². The number of nitrogens with one attached hydrogen (secondary N) is 1. The van der Waals surface area contributed by atoms with Crippen molar-refractivity contribution in [3.05, 3.63) is 30.1 Å². The van der Waals surface area contributed by atoms with Gasteiger partial charge in [0.2, 0.25) is 0 Å². The van der Waals surface area contributed by atoms with E-state index in [1.165, 1.54) is 13.2 Å². The van der Waals surface area contributed by atoms with Gasteiger partial charge in [-0.25, -0.2) is 4.39 Å². The zero-order chi connectivity index (χ0) is 15.3. The Morgan fingerprint density at radius 2 is 2.38 bits per heavy atom. The summed E-state index contributed by atoms with van der Waals surface area (Å²) in [6, 6.07) is 6.63. The quantitative estimate of drug-likeness (QED) is 0.846. The fourth-order valence-corrected chi connectivity index (χ4v) is 4.38. The molecule has 2 unspecified atom stereocenters. The molecule has 1 fully saturated rings. The van der Waals surface area contributed by atoms with E-state index in [1.807, 2.05) is 13.0 Å². The van der Waals surface area contributed by atoms with Gasteiger partial charge >= 0.3 is 5.97 Å². The zero-order valence-corrected chi connectivity index (χ0v) is 13.3. The summed E-state index contributed by atoms with van der Waals surface area (Å²) in [7, 11) is 1.44. The van der Waals surface area contributed by atoms with Crippen molar-refractivity contribution < 1.29 is 13.9 Å². The number of rotatable bonds is 5. The van der Waals surface area contributed by atoms with Crippen LogP contribution >= 0.6 is 11.8 Å². The van der Waals surface area contributed by atoms with Crippen LogP contribution in [0.5, 0.6) is 0 Å². The Balaban J connectivity index is 2.09. The minimum atomic E-state index is -0.591. The van der Waals surface area contributed by atoms with E-state index in [-0.39, 0.29) is 11.8 Å². The molecular formula is C16H22FNO2S. The predicted molar refractivity (Wildman–Crippen MR) is 82.9 cm³/mol. The van der Waals surface area contributed by atoms with Crippen LogP contribution in [0, 0.1) is 5.82 Å². The molecule has 1 aromatic carbocycles. The molecule has 0 bridgehead atoms. The first-order valence-electron chi connectivity index (χ1n) is 7.35. The van der Waals surface area contributed by atoms with Crippen molar-refractivity contribution in [3.63, 3.8) is 0 Å². The SMILES string of the molecule is CCNC1(C(=O)OC)CCCC(Sc2cccc(F)c2)C1. The predicted octanol–water partition coefficient (Wildman–Crippen LogP) is 3.38. The highest BCUT2D eigenvalue weighted by atomic mass is 32.2. The molecular weight excluding hydrogens is 289 g/mol. The fourth-order valence-electron chi connectivity index (χ4n) is 3.01. The molecule has 2 rings (SSSR count). The van der Waals surface area contributed by atoms with E-state index in [2.05, 4.69) is 5.32 Å². The summed E-state index contributed by atoms with van der Waals surface area (Å²) in [5.41, 5.74) is -0.591. The smallest absolute Gasteiger partial charge is 0.326 e. The number of thioether (sulfide) groups is 1. The molecule has 0 aliphatic heterocycles. The highest BCUT2D eigenvalue weighted by Crippen LogP contribution is 2.39. The molecule has 0 spiro atoms. The lowest BCUT2D eigenvalue weighted by Gasteiger charge is -2.38. The summed E-state index contributed by atoms with van der Waals surface area (Å²) >= 11 is 1.65. The Morgan fingerprint density at radius 1 is 1.57 bits per heavy atom. The number of likely N-dealkylation sites (N-methyl/N-ethyl adjacent to an activating group) is 1. The van der Waals surface area contributed by atoms with Crippen LogP contribution < -0.4 is 5.32 Å². The molecule has 116 valence electrons. The first-order chi connectivity index (χ1) is 10.1. The molecule has 1 aliphatic carbocycles. The van der Waals surface area contributed by atoms with Crippen LogP contribution in [0.15, 0.2) is 29.2 Å². The lowest BCUT2D eigenvalue weighted by Crippen LogP contribution is -2.55. The van der Waals surface area contributed by atoms with Gasteiger partial charge < -0.3 is 10.1 Å². The van der Waals surface area contributed by atoms with Crippen LogP contribution in [0.25, 0.3) is 0 Å². The first-order valence-corrected chi connectivity index (χ1v) is 8.23. The third kappa shape index (κ3) is 3.98. The minimum absolute atomic E-state index is 0.186. The van der Waals surface area contributed by atoms with Crippen LogP contribution in [-0.4, -0.2) is 30.4 Å². The molecule has 1 aromatic rings. The molecule has 1 N–H and O–H groups in total. The largest absolute Gasteiger partial charge is 0.468 e. The highest BCUT2D eigenvalue weighted by Gasteiger charge is 2.43. The van der Waals surface area contributed by atoms with Crippen molar-refractivity contribution in [1.82, 2.24) is 5.32 Å². The van der Waals surface area contributed by atoms with Crippen LogP contribution in [0.3, 0.4) is 0 Å². The van der Waals surface area contributed by atoms with Gasteiger partial charge in [-0.2, -0.15) is 0 Å². The summed E-state index contributed by atoms with van der Waals surface area (Å²) in [5.74, 6) is -0.407. The highest BCUT2D eigenvalue weighted by molar-refractivity contribution is 8.00. The molecule has 0 radical (unpaired) electrons. The third-order valence-electron chi connectivity index (χ3n) is 3.90. The molecule has 5 heteroatoms. The normalized spacial score (nSPS) is 25.6. The molecule has 21 heavy (non-hydrogen) atoms. The van der Waals surface area contributed by atoms with E-state index in [0.29, 0.717) is 11.7 Å². The van der Waals surface area contributed by atoms with E-state index in [1.54, 1.807) is 23.9 Å². The summed E-state index contributed by atoms with van der Waals surface area (Å²) in [5, 5.41) is 3.60. The van der Waals surface area contributed by atoms with Crippen molar-refractivity contribution >= 4 is 17.7 Å². The fraction of sp³-hybridized carbons (Fsp3) is 0.562. The first kappa shape index (κ1) is 16.3. The number of esters is 1. The van der Waals surface area contributed by atoms with Crippen molar-refractivity contribution in [2.24, 2.45) is 0 Å². The molecule has 0 heterocycles. The molecule has 1 saturated carbocycles. The minimum Gasteiger partial charge on any atom is -0.468 e. The summed E-state index contributed by atoms with van der Waals surface area (Å²) in [4.78, 5) is 13.1. The second-order valence-corrected chi connectivity index (χ2v) is 6.77. The number of hydrogen-bond acceptors (Lipinski definition) is 4. The van der Waals surface area contributed by atoms with Gasteiger partial charge in [0.05, 0.1) is 7.11 Å². The molecule has 1 aliphatic rings. The molecule has 0 aromatic heterocycles. The molecule has 3 nitrogen and oxygen atoms in total. The van der Waals surface area contributed by atoms with Gasteiger partial charge in [-0.15, -0.1) is 11.8 Å². The average molecular weight is 311 g/mol.